The molecule has 0 aliphatic carbocycles. The lowest BCUT2D eigenvalue weighted by molar-refractivity contribution is -0.118. The number of hydrogen-bond donors (Lipinski definition) is 0. The second-order valence-electron chi connectivity index (χ2n) is 5.65. The first-order valence-electron chi connectivity index (χ1n) is 7.69. The lowest BCUT2D eigenvalue weighted by Crippen LogP contribution is -2.33. The van der Waals surface area contributed by atoms with Crippen LogP contribution in [-0.4, -0.2) is 42.5 Å². The number of fused-ring (bicyclic) bond motifs is 1. The third-order valence-corrected chi connectivity index (χ3v) is 4.93. The molecule has 0 radical (unpaired) electrons. The Kier molecular flexibility index (Phi) is 4.85. The Bertz CT molecular complexity index is 627. The van der Waals surface area contributed by atoms with E-state index in [-0.39, 0.29) is 5.91 Å². The lowest BCUT2D eigenvalue weighted by atomic mass is 10.2. The number of amides is 1. The van der Waals surface area contributed by atoms with Crippen LogP contribution in [-0.2, 0) is 17.6 Å². The summed E-state index contributed by atoms with van der Waals surface area (Å²) < 4.78 is 0. The molecule has 0 unspecified atom stereocenters. The van der Waals surface area contributed by atoms with Crippen LogP contribution in [0.4, 0.5) is 5.69 Å². The van der Waals surface area contributed by atoms with E-state index in [9.17, 15) is 4.79 Å². The maximum absolute atomic E-state index is 12.4. The Balaban J connectivity index is 1.46. The summed E-state index contributed by atoms with van der Waals surface area (Å²) >= 11 is 1.69. The summed E-state index contributed by atoms with van der Waals surface area (Å²) in [7, 11) is 2.07. The van der Waals surface area contributed by atoms with Gasteiger partial charge in [-0.05, 0) is 25.1 Å². The van der Waals surface area contributed by atoms with E-state index in [0.29, 0.717) is 6.42 Å². The third-order valence-electron chi connectivity index (χ3n) is 4.09. The average molecular weight is 315 g/mol. The summed E-state index contributed by atoms with van der Waals surface area (Å²) in [5, 5.41) is 3.16. The average Bonchev–Trinajstić information content (AvgIpc) is 3.19. The Morgan fingerprint density at radius 2 is 2.23 bits per heavy atom. The van der Waals surface area contributed by atoms with Gasteiger partial charge < -0.3 is 9.80 Å². The molecule has 0 N–H and O–H groups in total. The number of aromatic nitrogens is 1. The molecule has 2 heterocycles. The van der Waals surface area contributed by atoms with Crippen molar-refractivity contribution in [1.82, 2.24) is 9.88 Å². The number of hydrogen-bond acceptors (Lipinski definition) is 4. The molecule has 1 amide bonds. The van der Waals surface area contributed by atoms with Gasteiger partial charge in [0, 0.05) is 49.7 Å². The summed E-state index contributed by atoms with van der Waals surface area (Å²) in [4.78, 5) is 20.9. The van der Waals surface area contributed by atoms with Gasteiger partial charge in [-0.15, -0.1) is 11.3 Å². The molecule has 116 valence electrons. The first kappa shape index (κ1) is 15.2. The van der Waals surface area contributed by atoms with Crippen molar-refractivity contribution < 1.29 is 4.79 Å². The maximum atomic E-state index is 12.4. The van der Waals surface area contributed by atoms with E-state index < -0.39 is 0 Å². The van der Waals surface area contributed by atoms with Crippen LogP contribution in [0.1, 0.15) is 17.0 Å². The maximum Gasteiger partial charge on any atom is 0.228 e. The molecule has 1 aromatic carbocycles. The van der Waals surface area contributed by atoms with E-state index in [1.807, 2.05) is 34.7 Å². The number of anilines is 1. The molecule has 0 saturated heterocycles. The molecule has 3 rings (SSSR count). The van der Waals surface area contributed by atoms with Crippen LogP contribution in [0.5, 0.6) is 0 Å². The second kappa shape index (κ2) is 7.03. The summed E-state index contributed by atoms with van der Waals surface area (Å²) in [5.74, 6) is 0.228. The van der Waals surface area contributed by atoms with Gasteiger partial charge in [-0.1, -0.05) is 18.2 Å². The minimum atomic E-state index is 0.228. The molecular formula is C17H21N3OS. The van der Waals surface area contributed by atoms with Crippen molar-refractivity contribution in [1.29, 1.82) is 0 Å². The second-order valence-corrected chi connectivity index (χ2v) is 6.63. The number of rotatable bonds is 6. The quantitative estimate of drug-likeness (QED) is 0.822. The summed E-state index contributed by atoms with van der Waals surface area (Å²) in [6.07, 6.45) is 4.34. The molecule has 1 aromatic heterocycles. The smallest absolute Gasteiger partial charge is 0.228 e. The predicted octanol–water partition coefficient (Wildman–Crippen LogP) is 2.60. The van der Waals surface area contributed by atoms with Gasteiger partial charge in [0.1, 0.15) is 0 Å². The van der Waals surface area contributed by atoms with Crippen molar-refractivity contribution in [2.45, 2.75) is 19.3 Å². The van der Waals surface area contributed by atoms with Crippen molar-refractivity contribution >= 4 is 22.9 Å². The largest absolute Gasteiger partial charge is 0.312 e. The Morgan fingerprint density at radius 1 is 1.36 bits per heavy atom. The number of nitrogens with zero attached hydrogens (tertiary/aromatic N) is 3. The van der Waals surface area contributed by atoms with Crippen LogP contribution in [0, 0.1) is 0 Å². The standard InChI is InChI=1S/C17H21N3OS/c1-19(10-7-16-18-9-13-22-16)11-8-17(21)20-12-6-14-4-2-3-5-15(14)20/h2-5,9,13H,6-8,10-12H2,1H3. The normalized spacial score (nSPS) is 13.6. The number of carbonyl (C=O) groups excluding carboxylic acids is 1. The number of thiazole rings is 1. The third kappa shape index (κ3) is 3.54. The van der Waals surface area contributed by atoms with Crippen LogP contribution in [0.15, 0.2) is 35.8 Å². The van der Waals surface area contributed by atoms with E-state index in [1.165, 1.54) is 5.56 Å². The summed E-state index contributed by atoms with van der Waals surface area (Å²) in [6.45, 7) is 2.56. The van der Waals surface area contributed by atoms with Crippen molar-refractivity contribution in [3.05, 3.63) is 46.4 Å². The van der Waals surface area contributed by atoms with Crippen LogP contribution in [0.2, 0.25) is 0 Å². The molecule has 0 atom stereocenters. The number of carbonyl (C=O) groups is 1. The minimum Gasteiger partial charge on any atom is -0.312 e. The molecule has 0 bridgehead atoms. The summed E-state index contributed by atoms with van der Waals surface area (Å²) in [6, 6.07) is 8.21. The van der Waals surface area contributed by atoms with Crippen molar-refractivity contribution in [3.8, 4) is 0 Å². The van der Waals surface area contributed by atoms with Crippen LogP contribution in [0.25, 0.3) is 0 Å². The van der Waals surface area contributed by atoms with Crippen molar-refractivity contribution in [2.75, 3.05) is 31.6 Å². The van der Waals surface area contributed by atoms with Crippen molar-refractivity contribution in [2.24, 2.45) is 0 Å². The highest BCUT2D eigenvalue weighted by molar-refractivity contribution is 7.09. The van der Waals surface area contributed by atoms with Gasteiger partial charge in [0.25, 0.3) is 0 Å². The van der Waals surface area contributed by atoms with E-state index in [0.717, 1.165) is 43.2 Å². The van der Waals surface area contributed by atoms with E-state index in [4.69, 9.17) is 0 Å². The molecule has 4 nitrogen and oxygen atoms in total. The summed E-state index contributed by atoms with van der Waals surface area (Å²) in [5.41, 5.74) is 2.38. The highest BCUT2D eigenvalue weighted by Crippen LogP contribution is 2.27. The van der Waals surface area contributed by atoms with Gasteiger partial charge in [0.05, 0.1) is 5.01 Å². The fourth-order valence-electron chi connectivity index (χ4n) is 2.79. The van der Waals surface area contributed by atoms with E-state index in [1.54, 1.807) is 11.3 Å². The fraction of sp³-hybridized carbons (Fsp3) is 0.412. The predicted molar refractivity (Wildman–Crippen MR) is 90.4 cm³/mol. The minimum absolute atomic E-state index is 0.228. The molecule has 22 heavy (non-hydrogen) atoms. The van der Waals surface area contributed by atoms with Gasteiger partial charge in [-0.3, -0.25) is 4.79 Å². The lowest BCUT2D eigenvalue weighted by Gasteiger charge is -2.20. The number of para-hydroxylation sites is 1. The Morgan fingerprint density at radius 3 is 3.05 bits per heavy atom. The highest BCUT2D eigenvalue weighted by Gasteiger charge is 2.23. The Hall–Kier alpha value is -1.72. The highest BCUT2D eigenvalue weighted by atomic mass is 32.1. The van der Waals surface area contributed by atoms with Gasteiger partial charge in [0.15, 0.2) is 0 Å². The van der Waals surface area contributed by atoms with E-state index >= 15 is 0 Å². The molecule has 5 heteroatoms. The van der Waals surface area contributed by atoms with Gasteiger partial charge in [-0.2, -0.15) is 0 Å². The monoisotopic (exact) mass is 315 g/mol. The molecular weight excluding hydrogens is 294 g/mol. The molecule has 0 saturated carbocycles. The topological polar surface area (TPSA) is 36.4 Å². The van der Waals surface area contributed by atoms with Gasteiger partial charge in [-0.25, -0.2) is 4.98 Å². The van der Waals surface area contributed by atoms with Crippen LogP contribution < -0.4 is 4.90 Å². The zero-order valence-electron chi connectivity index (χ0n) is 12.9. The van der Waals surface area contributed by atoms with Crippen LogP contribution in [0.3, 0.4) is 0 Å². The zero-order chi connectivity index (χ0) is 15.4. The first-order chi connectivity index (χ1) is 10.7. The number of likely N-dealkylation sites (N-methyl/N-ethyl adjacent to an activating group) is 1. The van der Waals surface area contributed by atoms with E-state index in [2.05, 4.69) is 23.0 Å². The zero-order valence-corrected chi connectivity index (χ0v) is 13.7. The fourth-order valence-corrected chi connectivity index (χ4v) is 3.40. The molecule has 2 aromatic rings. The molecule has 0 spiro atoms. The molecule has 0 fully saturated rings. The van der Waals surface area contributed by atoms with Gasteiger partial charge >= 0.3 is 0 Å². The van der Waals surface area contributed by atoms with Crippen LogP contribution >= 0.6 is 11.3 Å². The SMILES string of the molecule is CN(CCC(=O)N1CCc2ccccc21)CCc1nccs1. The van der Waals surface area contributed by atoms with Gasteiger partial charge in [0.2, 0.25) is 5.91 Å². The molecule has 1 aliphatic rings. The number of benzene rings is 1. The first-order valence-corrected chi connectivity index (χ1v) is 8.57. The molecule has 1 aliphatic heterocycles. The Labute approximate surface area is 135 Å². The van der Waals surface area contributed by atoms with Crippen molar-refractivity contribution in [3.63, 3.8) is 0 Å².